The smallest absolute Gasteiger partial charge is 0.416 e. The van der Waals surface area contributed by atoms with Gasteiger partial charge in [-0.05, 0) is 36.8 Å². The monoisotopic (exact) mass is 281 g/mol. The summed E-state index contributed by atoms with van der Waals surface area (Å²) in [6.45, 7) is 2.29. The zero-order valence-electron chi connectivity index (χ0n) is 10.9. The number of nitrogens with zero attached hydrogens (tertiary/aromatic N) is 1. The molecule has 0 aliphatic rings. The van der Waals surface area contributed by atoms with Gasteiger partial charge in [0.25, 0.3) is 0 Å². The van der Waals surface area contributed by atoms with E-state index in [2.05, 4.69) is 4.98 Å². The maximum Gasteiger partial charge on any atom is 0.416 e. The van der Waals surface area contributed by atoms with Crippen LogP contribution in [-0.2, 0) is 19.2 Å². The molecule has 1 aromatic carbocycles. The van der Waals surface area contributed by atoms with Gasteiger partial charge in [-0.3, -0.25) is 4.98 Å². The predicted molar refractivity (Wildman–Crippen MR) is 69.4 cm³/mol. The second-order valence-corrected chi connectivity index (χ2v) is 4.32. The van der Waals surface area contributed by atoms with Crippen LogP contribution in [0.2, 0.25) is 0 Å². The first kappa shape index (κ1) is 14.4. The van der Waals surface area contributed by atoms with Gasteiger partial charge in [-0.25, -0.2) is 0 Å². The Morgan fingerprint density at radius 3 is 2.25 bits per heavy atom. The molecule has 0 radical (unpaired) electrons. The van der Waals surface area contributed by atoms with Crippen molar-refractivity contribution in [3.63, 3.8) is 0 Å². The lowest BCUT2D eigenvalue weighted by Crippen LogP contribution is -2.04. The quantitative estimate of drug-likeness (QED) is 0.836. The molecule has 0 amide bonds. The minimum absolute atomic E-state index is 0.280. The van der Waals surface area contributed by atoms with E-state index in [1.807, 2.05) is 19.1 Å². The lowest BCUT2D eigenvalue weighted by atomic mass is 10.2. The number of benzene rings is 1. The van der Waals surface area contributed by atoms with Crippen LogP contribution < -0.4 is 4.74 Å². The van der Waals surface area contributed by atoms with Crippen molar-refractivity contribution in [2.75, 3.05) is 0 Å². The van der Waals surface area contributed by atoms with E-state index < -0.39 is 11.7 Å². The number of ether oxygens (including phenoxy) is 1. The molecule has 0 N–H and O–H groups in total. The Morgan fingerprint density at radius 2 is 1.75 bits per heavy atom. The first-order valence-corrected chi connectivity index (χ1v) is 6.23. The van der Waals surface area contributed by atoms with E-state index in [9.17, 15) is 13.2 Å². The normalized spacial score (nSPS) is 11.4. The van der Waals surface area contributed by atoms with Gasteiger partial charge in [-0.15, -0.1) is 0 Å². The third kappa shape index (κ3) is 3.73. The average Bonchev–Trinajstić information content (AvgIpc) is 2.45. The highest BCUT2D eigenvalue weighted by Crippen LogP contribution is 2.30. The third-order valence-corrected chi connectivity index (χ3v) is 2.84. The van der Waals surface area contributed by atoms with Crippen molar-refractivity contribution in [2.45, 2.75) is 26.1 Å². The van der Waals surface area contributed by atoms with E-state index in [-0.39, 0.29) is 6.61 Å². The van der Waals surface area contributed by atoms with Gasteiger partial charge < -0.3 is 4.74 Å². The van der Waals surface area contributed by atoms with Crippen LogP contribution in [0.5, 0.6) is 5.75 Å². The van der Waals surface area contributed by atoms with Crippen LogP contribution in [0.3, 0.4) is 0 Å². The molecule has 2 aromatic rings. The number of alkyl halides is 3. The van der Waals surface area contributed by atoms with Crippen LogP contribution in [0.15, 0.2) is 42.6 Å². The molecular formula is C15H14F3NO. The Balaban J connectivity index is 1.96. The molecule has 0 aliphatic heterocycles. The van der Waals surface area contributed by atoms with Crippen molar-refractivity contribution >= 4 is 0 Å². The first-order valence-electron chi connectivity index (χ1n) is 6.23. The molecule has 2 nitrogen and oxygen atoms in total. The Bertz CT molecular complexity index is 547. The molecule has 20 heavy (non-hydrogen) atoms. The molecule has 0 fully saturated rings. The molecule has 106 valence electrons. The van der Waals surface area contributed by atoms with Gasteiger partial charge >= 0.3 is 6.18 Å². The lowest BCUT2D eigenvalue weighted by molar-refractivity contribution is -0.137. The highest BCUT2D eigenvalue weighted by Gasteiger charge is 2.29. The van der Waals surface area contributed by atoms with Gasteiger partial charge in [0.05, 0.1) is 5.56 Å². The summed E-state index contributed by atoms with van der Waals surface area (Å²) in [5, 5.41) is 0. The summed E-state index contributed by atoms with van der Waals surface area (Å²) in [6, 6.07) is 8.45. The molecule has 2 rings (SSSR count). The number of halogens is 3. The van der Waals surface area contributed by atoms with Crippen molar-refractivity contribution in [1.82, 2.24) is 4.98 Å². The van der Waals surface area contributed by atoms with Gasteiger partial charge in [0.15, 0.2) is 0 Å². The summed E-state index contributed by atoms with van der Waals surface area (Å²) >= 11 is 0. The molecular weight excluding hydrogens is 267 g/mol. The topological polar surface area (TPSA) is 22.1 Å². The summed E-state index contributed by atoms with van der Waals surface area (Å²) in [5.41, 5.74) is 1.18. The van der Waals surface area contributed by atoms with Crippen LogP contribution >= 0.6 is 0 Å². The van der Waals surface area contributed by atoms with Crippen molar-refractivity contribution in [2.24, 2.45) is 0 Å². The van der Waals surface area contributed by atoms with E-state index in [4.69, 9.17) is 4.74 Å². The summed E-state index contributed by atoms with van der Waals surface area (Å²) in [7, 11) is 0. The molecule has 0 bridgehead atoms. The van der Waals surface area contributed by atoms with E-state index >= 15 is 0 Å². The highest BCUT2D eigenvalue weighted by molar-refractivity contribution is 5.29. The Kier molecular flexibility index (Phi) is 4.27. The van der Waals surface area contributed by atoms with Crippen LogP contribution in [0.4, 0.5) is 13.2 Å². The van der Waals surface area contributed by atoms with Crippen molar-refractivity contribution in [3.05, 3.63) is 59.4 Å². The summed E-state index contributed by atoms with van der Waals surface area (Å²) in [5.74, 6) is 0.401. The molecule has 1 aromatic heterocycles. The van der Waals surface area contributed by atoms with Gasteiger partial charge in [0.1, 0.15) is 12.4 Å². The Morgan fingerprint density at radius 1 is 1.05 bits per heavy atom. The standard InChI is InChI=1S/C15H14F3NO/c1-2-13-6-3-11(9-19-13)10-20-14-7-4-12(5-8-14)15(16,17)18/h3-9H,2,10H2,1H3. The SMILES string of the molecule is CCc1ccc(COc2ccc(C(F)(F)F)cc2)cn1. The van der Waals surface area contributed by atoms with E-state index in [1.54, 1.807) is 6.20 Å². The molecule has 0 saturated heterocycles. The van der Waals surface area contributed by atoms with E-state index in [0.717, 1.165) is 29.8 Å². The fourth-order valence-electron chi connectivity index (χ4n) is 1.66. The number of hydrogen-bond acceptors (Lipinski definition) is 2. The van der Waals surface area contributed by atoms with Gasteiger partial charge in [0, 0.05) is 17.5 Å². The molecule has 5 heteroatoms. The molecule has 0 unspecified atom stereocenters. The number of hydrogen-bond donors (Lipinski definition) is 0. The van der Waals surface area contributed by atoms with E-state index in [1.165, 1.54) is 12.1 Å². The zero-order valence-corrected chi connectivity index (χ0v) is 10.9. The number of aryl methyl sites for hydroxylation is 1. The van der Waals surface area contributed by atoms with Crippen molar-refractivity contribution in [3.8, 4) is 5.75 Å². The van der Waals surface area contributed by atoms with Gasteiger partial charge in [-0.2, -0.15) is 13.2 Å². The minimum atomic E-state index is -4.32. The summed E-state index contributed by atoms with van der Waals surface area (Å²) < 4.78 is 42.6. The van der Waals surface area contributed by atoms with Crippen LogP contribution in [0.1, 0.15) is 23.7 Å². The van der Waals surface area contributed by atoms with Crippen LogP contribution in [0.25, 0.3) is 0 Å². The fraction of sp³-hybridized carbons (Fsp3) is 0.267. The van der Waals surface area contributed by atoms with Gasteiger partial charge in [-0.1, -0.05) is 13.0 Å². The molecule has 0 aliphatic carbocycles. The maximum absolute atomic E-state index is 12.4. The lowest BCUT2D eigenvalue weighted by Gasteiger charge is -2.09. The predicted octanol–water partition coefficient (Wildman–Crippen LogP) is 4.24. The van der Waals surface area contributed by atoms with Crippen molar-refractivity contribution < 1.29 is 17.9 Å². The summed E-state index contributed by atoms with van der Waals surface area (Å²) in [4.78, 5) is 4.23. The fourth-order valence-corrected chi connectivity index (χ4v) is 1.66. The number of rotatable bonds is 4. The second kappa shape index (κ2) is 5.94. The van der Waals surface area contributed by atoms with Crippen LogP contribution in [-0.4, -0.2) is 4.98 Å². The maximum atomic E-state index is 12.4. The Labute approximate surface area is 115 Å². The van der Waals surface area contributed by atoms with Crippen molar-refractivity contribution in [1.29, 1.82) is 0 Å². The molecule has 0 spiro atoms. The second-order valence-electron chi connectivity index (χ2n) is 4.32. The average molecular weight is 281 g/mol. The summed E-state index contributed by atoms with van der Waals surface area (Å²) in [6.07, 6.45) is -1.75. The van der Waals surface area contributed by atoms with Crippen LogP contribution in [0, 0.1) is 0 Å². The minimum Gasteiger partial charge on any atom is -0.489 e. The zero-order chi connectivity index (χ0) is 14.6. The number of aromatic nitrogens is 1. The highest BCUT2D eigenvalue weighted by atomic mass is 19.4. The molecule has 0 saturated carbocycles. The Hall–Kier alpha value is -2.04. The first-order chi connectivity index (χ1) is 9.49. The third-order valence-electron chi connectivity index (χ3n) is 2.84. The molecule has 0 atom stereocenters. The van der Waals surface area contributed by atoms with E-state index in [0.29, 0.717) is 5.75 Å². The van der Waals surface area contributed by atoms with Gasteiger partial charge in [0.2, 0.25) is 0 Å². The molecule has 1 heterocycles. The number of pyridine rings is 1. The largest absolute Gasteiger partial charge is 0.489 e.